The van der Waals surface area contributed by atoms with Gasteiger partial charge in [0.1, 0.15) is 5.75 Å². The molecule has 1 aromatic rings. The number of nitrogens with one attached hydrogen (secondary N) is 1. The molecule has 0 aromatic heterocycles. The Morgan fingerprint density at radius 1 is 1.32 bits per heavy atom. The van der Waals surface area contributed by atoms with Gasteiger partial charge < -0.3 is 15.8 Å². The standard InChI is InChI=1S/C15H24N2O2/c1-10-8-11(2)13(12(3)9-10)19-7-6-15(4,17-5)14(16)18/h8-9,17H,6-7H2,1-5H3,(H2,16,18). The highest BCUT2D eigenvalue weighted by molar-refractivity contribution is 5.84. The molecule has 0 saturated heterocycles. The minimum absolute atomic E-state index is 0.365. The Bertz CT molecular complexity index is 448. The zero-order valence-corrected chi connectivity index (χ0v) is 12.5. The summed E-state index contributed by atoms with van der Waals surface area (Å²) in [6, 6.07) is 4.18. The highest BCUT2D eigenvalue weighted by atomic mass is 16.5. The van der Waals surface area contributed by atoms with Crippen molar-refractivity contribution in [2.75, 3.05) is 13.7 Å². The molecule has 1 aromatic carbocycles. The van der Waals surface area contributed by atoms with E-state index in [9.17, 15) is 4.79 Å². The number of likely N-dealkylation sites (N-methyl/N-ethyl adjacent to an activating group) is 1. The molecule has 0 aliphatic heterocycles. The fourth-order valence-corrected chi connectivity index (χ4v) is 2.12. The smallest absolute Gasteiger partial charge is 0.237 e. The van der Waals surface area contributed by atoms with Gasteiger partial charge in [-0.15, -0.1) is 0 Å². The largest absolute Gasteiger partial charge is 0.493 e. The van der Waals surface area contributed by atoms with Gasteiger partial charge in [0, 0.05) is 6.42 Å². The minimum Gasteiger partial charge on any atom is -0.493 e. The number of hydrogen-bond acceptors (Lipinski definition) is 3. The monoisotopic (exact) mass is 264 g/mol. The number of amides is 1. The van der Waals surface area contributed by atoms with Crippen LogP contribution in [0.2, 0.25) is 0 Å². The maximum absolute atomic E-state index is 11.4. The van der Waals surface area contributed by atoms with Crippen LogP contribution in [0.1, 0.15) is 30.0 Å². The van der Waals surface area contributed by atoms with E-state index in [0.717, 1.165) is 16.9 Å². The average molecular weight is 264 g/mol. The Morgan fingerprint density at radius 3 is 2.26 bits per heavy atom. The summed E-state index contributed by atoms with van der Waals surface area (Å²) in [5, 5.41) is 2.95. The van der Waals surface area contributed by atoms with E-state index in [4.69, 9.17) is 10.5 Å². The highest BCUT2D eigenvalue weighted by Gasteiger charge is 2.28. The SMILES string of the molecule is CNC(C)(CCOc1c(C)cc(C)cc1C)C(N)=O. The topological polar surface area (TPSA) is 64.3 Å². The number of ether oxygens (including phenoxy) is 1. The Kier molecular flexibility index (Phi) is 4.95. The quantitative estimate of drug-likeness (QED) is 0.824. The molecule has 0 spiro atoms. The summed E-state index contributed by atoms with van der Waals surface area (Å²) in [5.41, 5.74) is 8.10. The first-order chi connectivity index (χ1) is 8.80. The number of benzene rings is 1. The molecule has 0 radical (unpaired) electrons. The Labute approximate surface area is 115 Å². The number of carbonyl (C=O) groups excluding carboxylic acids is 1. The molecule has 1 rings (SSSR count). The molecule has 0 aliphatic carbocycles. The Morgan fingerprint density at radius 2 is 1.84 bits per heavy atom. The third-order valence-electron chi connectivity index (χ3n) is 3.55. The first kappa shape index (κ1) is 15.5. The maximum atomic E-state index is 11.4. The van der Waals surface area contributed by atoms with E-state index in [-0.39, 0.29) is 5.91 Å². The van der Waals surface area contributed by atoms with Gasteiger partial charge in [0.2, 0.25) is 5.91 Å². The van der Waals surface area contributed by atoms with E-state index in [0.29, 0.717) is 13.0 Å². The summed E-state index contributed by atoms with van der Waals surface area (Å²) in [7, 11) is 1.73. The number of hydrogen-bond donors (Lipinski definition) is 2. The van der Waals surface area contributed by atoms with Crippen LogP contribution in [0, 0.1) is 20.8 Å². The molecule has 0 fully saturated rings. The van der Waals surface area contributed by atoms with E-state index in [1.54, 1.807) is 14.0 Å². The van der Waals surface area contributed by atoms with Gasteiger partial charge in [-0.25, -0.2) is 0 Å². The molecule has 1 atom stereocenters. The molecule has 3 N–H and O–H groups in total. The number of carbonyl (C=O) groups is 1. The lowest BCUT2D eigenvalue weighted by atomic mass is 9.98. The molecule has 0 bridgehead atoms. The van der Waals surface area contributed by atoms with E-state index in [1.807, 2.05) is 13.8 Å². The predicted octanol–water partition coefficient (Wildman–Crippen LogP) is 1.84. The van der Waals surface area contributed by atoms with Gasteiger partial charge in [-0.05, 0) is 45.9 Å². The van der Waals surface area contributed by atoms with Crippen LogP contribution in [-0.4, -0.2) is 25.1 Å². The zero-order valence-electron chi connectivity index (χ0n) is 12.5. The van der Waals surface area contributed by atoms with Gasteiger partial charge in [0.05, 0.1) is 12.1 Å². The van der Waals surface area contributed by atoms with Gasteiger partial charge in [-0.2, -0.15) is 0 Å². The predicted molar refractivity (Wildman–Crippen MR) is 77.4 cm³/mol. The molecule has 4 nitrogen and oxygen atoms in total. The van der Waals surface area contributed by atoms with Gasteiger partial charge in [0.15, 0.2) is 0 Å². The van der Waals surface area contributed by atoms with Gasteiger partial charge >= 0.3 is 0 Å². The number of aryl methyl sites for hydroxylation is 3. The van der Waals surface area contributed by atoms with Crippen molar-refractivity contribution in [1.82, 2.24) is 5.32 Å². The molecule has 19 heavy (non-hydrogen) atoms. The lowest BCUT2D eigenvalue weighted by molar-refractivity contribution is -0.124. The second kappa shape index (κ2) is 6.06. The van der Waals surface area contributed by atoms with Crippen molar-refractivity contribution in [2.45, 2.75) is 39.7 Å². The third kappa shape index (κ3) is 3.70. The van der Waals surface area contributed by atoms with Crippen molar-refractivity contribution < 1.29 is 9.53 Å². The van der Waals surface area contributed by atoms with Crippen molar-refractivity contribution in [1.29, 1.82) is 0 Å². The van der Waals surface area contributed by atoms with Crippen molar-refractivity contribution >= 4 is 5.91 Å². The maximum Gasteiger partial charge on any atom is 0.237 e. The van der Waals surface area contributed by atoms with Crippen LogP contribution in [-0.2, 0) is 4.79 Å². The minimum atomic E-state index is -0.730. The van der Waals surface area contributed by atoms with Gasteiger partial charge in [-0.1, -0.05) is 17.7 Å². The van der Waals surface area contributed by atoms with Crippen LogP contribution in [0.5, 0.6) is 5.75 Å². The summed E-state index contributed by atoms with van der Waals surface area (Å²) in [4.78, 5) is 11.4. The lowest BCUT2D eigenvalue weighted by Crippen LogP contribution is -2.52. The number of rotatable bonds is 6. The Hall–Kier alpha value is -1.55. The summed E-state index contributed by atoms with van der Waals surface area (Å²) in [6.45, 7) is 8.36. The molecule has 4 heteroatoms. The highest BCUT2D eigenvalue weighted by Crippen LogP contribution is 2.25. The summed E-state index contributed by atoms with van der Waals surface area (Å²) < 4.78 is 5.82. The fraction of sp³-hybridized carbons (Fsp3) is 0.533. The van der Waals surface area contributed by atoms with Crippen LogP contribution in [0.15, 0.2) is 12.1 Å². The van der Waals surface area contributed by atoms with E-state index in [1.165, 1.54) is 5.56 Å². The second-order valence-electron chi connectivity index (χ2n) is 5.27. The van der Waals surface area contributed by atoms with Crippen molar-refractivity contribution in [3.63, 3.8) is 0 Å². The molecule has 1 amide bonds. The van der Waals surface area contributed by atoms with Gasteiger partial charge in [0.25, 0.3) is 0 Å². The van der Waals surface area contributed by atoms with Crippen LogP contribution in [0.4, 0.5) is 0 Å². The summed E-state index contributed by atoms with van der Waals surface area (Å²) >= 11 is 0. The van der Waals surface area contributed by atoms with E-state index < -0.39 is 5.54 Å². The van der Waals surface area contributed by atoms with E-state index in [2.05, 4.69) is 24.4 Å². The first-order valence-corrected chi connectivity index (χ1v) is 6.49. The van der Waals surface area contributed by atoms with Crippen molar-refractivity contribution in [3.05, 3.63) is 28.8 Å². The Balaban J connectivity index is 2.71. The first-order valence-electron chi connectivity index (χ1n) is 6.49. The molecular weight excluding hydrogens is 240 g/mol. The van der Waals surface area contributed by atoms with Crippen molar-refractivity contribution in [2.24, 2.45) is 5.73 Å². The van der Waals surface area contributed by atoms with Crippen LogP contribution in [0.3, 0.4) is 0 Å². The zero-order chi connectivity index (χ0) is 14.6. The number of nitrogens with two attached hydrogens (primary N) is 1. The third-order valence-corrected chi connectivity index (χ3v) is 3.55. The van der Waals surface area contributed by atoms with Crippen LogP contribution >= 0.6 is 0 Å². The normalized spacial score (nSPS) is 13.9. The summed E-state index contributed by atoms with van der Waals surface area (Å²) in [6.07, 6.45) is 0.533. The van der Waals surface area contributed by atoms with Crippen LogP contribution < -0.4 is 15.8 Å². The van der Waals surface area contributed by atoms with Gasteiger partial charge in [-0.3, -0.25) is 4.79 Å². The number of primary amides is 1. The van der Waals surface area contributed by atoms with Crippen LogP contribution in [0.25, 0.3) is 0 Å². The fourth-order valence-electron chi connectivity index (χ4n) is 2.12. The van der Waals surface area contributed by atoms with Crippen molar-refractivity contribution in [3.8, 4) is 5.75 Å². The second-order valence-corrected chi connectivity index (χ2v) is 5.27. The molecular formula is C15H24N2O2. The van der Waals surface area contributed by atoms with E-state index >= 15 is 0 Å². The molecule has 1 unspecified atom stereocenters. The molecule has 106 valence electrons. The average Bonchev–Trinajstić information content (AvgIpc) is 2.31. The molecule has 0 aliphatic rings. The molecule has 0 heterocycles. The lowest BCUT2D eigenvalue weighted by Gasteiger charge is -2.25. The summed E-state index contributed by atoms with van der Waals surface area (Å²) in [5.74, 6) is 0.532. The molecule has 0 saturated carbocycles.